The number of anilines is 3. The SMILES string of the molecule is Cn1nc(N2CCC(=O)NC2=O)c2ccc(C3CCN(CC(=O)N4CCN(c5ccc(-c6cc(F)c7c(c6)C(=O)N(C(c6ncn8c6CCC8)C6OC6Nc6nccs6)C7)cc5)CC4)CC3(F)F)cc21. The van der Waals surface area contributed by atoms with Crippen molar-refractivity contribution in [2.24, 2.45) is 7.05 Å². The van der Waals surface area contributed by atoms with Gasteiger partial charge in [0.1, 0.15) is 18.0 Å². The first-order valence-electron chi connectivity index (χ1n) is 23.7. The van der Waals surface area contributed by atoms with E-state index < -0.39 is 36.3 Å². The lowest BCUT2D eigenvalue weighted by atomic mass is 9.85. The molecule has 12 rings (SSSR count). The van der Waals surface area contributed by atoms with Gasteiger partial charge in [0.05, 0.1) is 43.1 Å². The molecule has 21 heteroatoms. The van der Waals surface area contributed by atoms with Gasteiger partial charge in [-0.2, -0.15) is 5.10 Å². The van der Waals surface area contributed by atoms with E-state index in [2.05, 4.69) is 30.2 Å². The molecule has 0 radical (unpaired) electrons. The molecule has 0 spiro atoms. The van der Waals surface area contributed by atoms with Crippen molar-refractivity contribution in [2.45, 2.75) is 69.0 Å². The Bertz CT molecular complexity index is 3060. The zero-order valence-electron chi connectivity index (χ0n) is 38.2. The molecule has 9 heterocycles. The number of amides is 5. The Morgan fingerprint density at radius 2 is 1.80 bits per heavy atom. The maximum atomic E-state index is 16.1. The summed E-state index contributed by atoms with van der Waals surface area (Å²) in [5.74, 6) is -5.08. The number of epoxide rings is 1. The third-order valence-corrected chi connectivity index (χ3v) is 15.5. The molecule has 70 heavy (non-hydrogen) atoms. The average Bonchev–Trinajstić information content (AvgIpc) is 3.92. The van der Waals surface area contributed by atoms with Crippen molar-refractivity contribution >= 4 is 62.6 Å². The third-order valence-electron chi connectivity index (χ3n) is 14.8. The van der Waals surface area contributed by atoms with Crippen LogP contribution in [0, 0.1) is 5.82 Å². The summed E-state index contributed by atoms with van der Waals surface area (Å²) in [6.07, 6.45) is 4.90. The van der Waals surface area contributed by atoms with Gasteiger partial charge in [0.25, 0.3) is 11.8 Å². The molecule has 4 fully saturated rings. The number of halogens is 3. The summed E-state index contributed by atoms with van der Waals surface area (Å²) in [4.78, 5) is 69.6. The highest BCUT2D eigenvalue weighted by Crippen LogP contribution is 2.46. The van der Waals surface area contributed by atoms with Gasteiger partial charge in [-0.3, -0.25) is 34.2 Å². The summed E-state index contributed by atoms with van der Waals surface area (Å²) in [5.41, 5.74) is 5.86. The van der Waals surface area contributed by atoms with Crippen LogP contribution in [-0.4, -0.2) is 133 Å². The van der Waals surface area contributed by atoms with Crippen molar-refractivity contribution in [3.05, 3.63) is 106 Å². The number of aryl methyl sites for hydroxylation is 2. The summed E-state index contributed by atoms with van der Waals surface area (Å²) in [5, 5.41) is 13.3. The van der Waals surface area contributed by atoms with Crippen molar-refractivity contribution < 1.29 is 37.1 Å². The molecule has 17 nitrogen and oxygen atoms in total. The lowest BCUT2D eigenvalue weighted by Gasteiger charge is -2.40. The molecule has 4 saturated heterocycles. The quantitative estimate of drug-likeness (QED) is 0.152. The number of imidazole rings is 1. The predicted molar refractivity (Wildman–Crippen MR) is 253 cm³/mol. The molecule has 5 amide bonds. The second-order valence-electron chi connectivity index (χ2n) is 18.9. The van der Waals surface area contributed by atoms with E-state index in [1.54, 1.807) is 52.0 Å². The van der Waals surface area contributed by atoms with Gasteiger partial charge in [0, 0.05) is 92.2 Å². The van der Waals surface area contributed by atoms with Crippen LogP contribution in [0.5, 0.6) is 0 Å². The normalized spacial score (nSPS) is 22.7. The summed E-state index contributed by atoms with van der Waals surface area (Å²) in [6.45, 7) is 2.76. The number of urea groups is 1. The van der Waals surface area contributed by atoms with Crippen molar-refractivity contribution in [3.63, 3.8) is 0 Å². The number of ether oxygens (including phenoxy) is 1. The molecular formula is C49H49F3N12O5S. The summed E-state index contributed by atoms with van der Waals surface area (Å²) >= 11 is 1.46. The van der Waals surface area contributed by atoms with Crippen molar-refractivity contribution in [1.29, 1.82) is 0 Å². The smallest absolute Gasteiger partial charge is 0.329 e. The van der Waals surface area contributed by atoms with Crippen LogP contribution in [-0.2, 0) is 40.9 Å². The summed E-state index contributed by atoms with van der Waals surface area (Å²) in [7, 11) is 1.69. The fourth-order valence-corrected chi connectivity index (χ4v) is 11.6. The van der Waals surface area contributed by atoms with Crippen LogP contribution in [0.4, 0.5) is 34.6 Å². The van der Waals surface area contributed by atoms with E-state index in [1.165, 1.54) is 27.2 Å². The second-order valence-corrected chi connectivity index (χ2v) is 19.8. The Balaban J connectivity index is 0.663. The number of piperidine rings is 1. The predicted octanol–water partition coefficient (Wildman–Crippen LogP) is 5.73. The minimum absolute atomic E-state index is 0.0987. The molecule has 0 saturated carbocycles. The Labute approximate surface area is 403 Å². The van der Waals surface area contributed by atoms with E-state index in [1.807, 2.05) is 36.0 Å². The highest BCUT2D eigenvalue weighted by molar-refractivity contribution is 7.13. The molecule has 0 bridgehead atoms. The van der Waals surface area contributed by atoms with Crippen molar-refractivity contribution in [1.82, 2.24) is 44.3 Å². The topological polar surface area (TPSA) is 170 Å². The van der Waals surface area contributed by atoms with Gasteiger partial charge >= 0.3 is 6.03 Å². The number of likely N-dealkylation sites (tertiary alicyclic amines) is 1. The summed E-state index contributed by atoms with van der Waals surface area (Å²) < 4.78 is 57.8. The van der Waals surface area contributed by atoms with E-state index in [-0.39, 0.29) is 62.5 Å². The van der Waals surface area contributed by atoms with E-state index >= 15 is 13.2 Å². The third kappa shape index (κ3) is 7.92. The summed E-state index contributed by atoms with van der Waals surface area (Å²) in [6, 6.07) is 14.9. The van der Waals surface area contributed by atoms with Crippen molar-refractivity contribution in [2.75, 3.05) is 67.5 Å². The number of rotatable bonds is 11. The van der Waals surface area contributed by atoms with Crippen molar-refractivity contribution in [3.8, 4) is 11.1 Å². The molecule has 3 aromatic heterocycles. The lowest BCUT2D eigenvalue weighted by Crippen LogP contribution is -2.54. The first-order valence-corrected chi connectivity index (χ1v) is 24.5. The minimum atomic E-state index is -3.10. The number of thiazole rings is 1. The van der Waals surface area contributed by atoms with Gasteiger partial charge < -0.3 is 29.3 Å². The second kappa shape index (κ2) is 17.2. The number of carbonyl (C=O) groups excluding carboxylic acids is 4. The van der Waals surface area contributed by atoms with Gasteiger partial charge in [0.15, 0.2) is 17.2 Å². The van der Waals surface area contributed by atoms with Gasteiger partial charge in [-0.15, -0.1) is 11.3 Å². The lowest BCUT2D eigenvalue weighted by molar-refractivity contribution is -0.136. The fourth-order valence-electron chi connectivity index (χ4n) is 11.1. The number of imide groups is 1. The molecule has 6 aliphatic rings. The van der Waals surface area contributed by atoms with Crippen LogP contribution in [0.3, 0.4) is 0 Å². The van der Waals surface area contributed by atoms with E-state index in [4.69, 9.17) is 9.72 Å². The molecular weight excluding hydrogens is 926 g/mol. The first-order chi connectivity index (χ1) is 33.9. The van der Waals surface area contributed by atoms with Crippen LogP contribution in [0.2, 0.25) is 0 Å². The Morgan fingerprint density at radius 1 is 0.971 bits per heavy atom. The van der Waals surface area contributed by atoms with E-state index in [0.29, 0.717) is 71.7 Å². The largest absolute Gasteiger partial charge is 0.368 e. The fraction of sp³-hybridized carbons (Fsp3) is 0.408. The molecule has 4 atom stereocenters. The number of hydrogen-bond donors (Lipinski definition) is 2. The highest BCUT2D eigenvalue weighted by Gasteiger charge is 2.53. The molecule has 6 aliphatic heterocycles. The maximum Gasteiger partial charge on any atom is 0.329 e. The maximum absolute atomic E-state index is 16.1. The monoisotopic (exact) mass is 974 g/mol. The molecule has 4 unspecified atom stereocenters. The molecule has 3 aromatic carbocycles. The van der Waals surface area contributed by atoms with Gasteiger partial charge in [-0.25, -0.2) is 27.9 Å². The Kier molecular flexibility index (Phi) is 10.9. The van der Waals surface area contributed by atoms with Crippen LogP contribution in [0.25, 0.3) is 22.0 Å². The van der Waals surface area contributed by atoms with Crippen LogP contribution < -0.4 is 20.4 Å². The number of aromatic nitrogens is 5. The number of benzene rings is 3. The number of alkyl halides is 2. The average molecular weight is 975 g/mol. The van der Waals surface area contributed by atoms with Crippen LogP contribution >= 0.6 is 11.3 Å². The number of piperazine rings is 1. The Morgan fingerprint density at radius 3 is 2.57 bits per heavy atom. The number of fused-ring (bicyclic) bond motifs is 3. The van der Waals surface area contributed by atoms with Crippen LogP contribution in [0.15, 0.2) is 72.5 Å². The van der Waals surface area contributed by atoms with E-state index in [0.717, 1.165) is 47.2 Å². The van der Waals surface area contributed by atoms with Gasteiger partial charge in [0.2, 0.25) is 11.8 Å². The highest BCUT2D eigenvalue weighted by atomic mass is 32.1. The first kappa shape index (κ1) is 44.4. The van der Waals surface area contributed by atoms with E-state index in [9.17, 15) is 19.2 Å². The number of nitrogens with one attached hydrogen (secondary N) is 2. The number of nitrogens with zero attached hydrogens (tertiary/aromatic N) is 10. The van der Waals surface area contributed by atoms with Gasteiger partial charge in [-0.05, 0) is 78.9 Å². The zero-order valence-corrected chi connectivity index (χ0v) is 39.0. The standard InChI is InChI=1S/C49H49F3N12O5S/c1-58-38-23-29(6-9-32(38)44(57-58)63-15-11-39(65)55-48(63)68)35-10-14-59(26-49(35,51)52)25-40(66)61-18-16-60(17-19-61)31-7-4-28(5-8-31)30-21-33-34(36(50)22-30)24-64(46(33)67)42(41-37-3-2-13-62(37)27-54-41)43-45(69-43)56-47-53-12-20-70-47/h4-9,12,20-23,27,35,42-43,45H,2-3,10-11,13-19,24-26H2,1H3,(H,53,56)(H,55,65,68). The zero-order chi connectivity index (χ0) is 48.0. The molecule has 362 valence electrons. The number of hydrogen-bond acceptors (Lipinski definition) is 12. The van der Waals surface area contributed by atoms with Crippen LogP contribution in [0.1, 0.15) is 64.1 Å². The minimum Gasteiger partial charge on any atom is -0.368 e. The molecule has 2 N–H and O–H groups in total. The molecule has 0 aliphatic carbocycles. The Hall–Kier alpha value is -6.84. The molecule has 6 aromatic rings. The number of carbonyl (C=O) groups is 4. The van der Waals surface area contributed by atoms with Gasteiger partial charge in [-0.1, -0.05) is 18.2 Å².